The molecule has 0 N–H and O–H groups in total. The third kappa shape index (κ3) is 2.31. The number of aromatic nitrogens is 2. The van der Waals surface area contributed by atoms with Crippen LogP contribution in [0.15, 0.2) is 91.1 Å². The summed E-state index contributed by atoms with van der Waals surface area (Å²) in [6.45, 7) is 2.13. The fourth-order valence-electron chi connectivity index (χ4n) is 3.66. The Kier molecular flexibility index (Phi) is 3.36. The largest absolute Gasteiger partial charge is 0.308 e. The van der Waals surface area contributed by atoms with Crippen LogP contribution in [0.3, 0.4) is 0 Å². The number of hydrogen-bond donors (Lipinski definition) is 0. The molecule has 0 saturated carbocycles. The highest BCUT2D eigenvalue weighted by molar-refractivity contribution is 6.07. The summed E-state index contributed by atoms with van der Waals surface area (Å²) >= 11 is 0. The van der Waals surface area contributed by atoms with E-state index in [2.05, 4.69) is 89.3 Å². The Morgan fingerprint density at radius 1 is 0.692 bits per heavy atom. The molecule has 0 atom stereocenters. The van der Waals surface area contributed by atoms with Gasteiger partial charge in [0.25, 0.3) is 0 Å². The van der Waals surface area contributed by atoms with Gasteiger partial charge in [0.1, 0.15) is 0 Å². The molecule has 5 rings (SSSR count). The number of nitrogens with zero attached hydrogens (tertiary/aromatic N) is 2. The van der Waals surface area contributed by atoms with Crippen molar-refractivity contribution in [3.63, 3.8) is 0 Å². The van der Waals surface area contributed by atoms with Crippen LogP contribution in [-0.4, -0.2) is 9.55 Å². The van der Waals surface area contributed by atoms with Crippen LogP contribution in [0.2, 0.25) is 0 Å². The van der Waals surface area contributed by atoms with E-state index in [0.717, 1.165) is 16.7 Å². The van der Waals surface area contributed by atoms with Crippen LogP contribution in [0.25, 0.3) is 38.8 Å². The monoisotopic (exact) mass is 334 g/mol. The highest BCUT2D eigenvalue weighted by atomic mass is 15.0. The summed E-state index contributed by atoms with van der Waals surface area (Å²) in [6, 6.07) is 29.9. The average molecular weight is 334 g/mol. The second-order valence-corrected chi connectivity index (χ2v) is 6.64. The first kappa shape index (κ1) is 14.9. The van der Waals surface area contributed by atoms with E-state index >= 15 is 0 Å². The Morgan fingerprint density at radius 3 is 2.27 bits per heavy atom. The number of pyridine rings is 1. The van der Waals surface area contributed by atoms with E-state index in [1.54, 1.807) is 0 Å². The molecule has 0 amide bonds. The van der Waals surface area contributed by atoms with Crippen LogP contribution in [0.4, 0.5) is 0 Å². The van der Waals surface area contributed by atoms with Gasteiger partial charge >= 0.3 is 0 Å². The lowest BCUT2D eigenvalue weighted by molar-refractivity contribution is 1.17. The van der Waals surface area contributed by atoms with E-state index in [1.807, 2.05) is 18.3 Å². The topological polar surface area (TPSA) is 17.8 Å². The van der Waals surface area contributed by atoms with Crippen molar-refractivity contribution in [2.75, 3.05) is 0 Å². The van der Waals surface area contributed by atoms with Gasteiger partial charge in [-0.15, -0.1) is 0 Å². The third-order valence-corrected chi connectivity index (χ3v) is 4.91. The highest BCUT2D eigenvalue weighted by Crippen LogP contribution is 2.32. The van der Waals surface area contributed by atoms with Gasteiger partial charge in [0.2, 0.25) is 0 Å². The van der Waals surface area contributed by atoms with Gasteiger partial charge < -0.3 is 4.57 Å². The van der Waals surface area contributed by atoms with Crippen LogP contribution >= 0.6 is 0 Å². The van der Waals surface area contributed by atoms with Gasteiger partial charge in [-0.05, 0) is 54.4 Å². The number of hydrogen-bond acceptors (Lipinski definition) is 1. The van der Waals surface area contributed by atoms with E-state index in [1.165, 1.54) is 27.6 Å². The molecule has 5 aromatic rings. The highest BCUT2D eigenvalue weighted by Gasteiger charge is 2.13. The minimum absolute atomic E-state index is 1.05. The molecule has 0 aliphatic carbocycles. The minimum atomic E-state index is 1.05. The standard InChI is InChI=1S/C24H18N2/c1-17-9-14-22-21(16-17)24-23(8-5-15-25-24)26(22)20-12-10-19(11-13-20)18-6-3-2-4-7-18/h2-16H,1H3. The molecular formula is C24H18N2. The van der Waals surface area contributed by atoms with Crippen molar-refractivity contribution >= 4 is 21.9 Å². The first-order valence-corrected chi connectivity index (χ1v) is 8.83. The van der Waals surface area contributed by atoms with Crippen LogP contribution < -0.4 is 0 Å². The molecule has 0 aliphatic heterocycles. The molecule has 0 spiro atoms. The second-order valence-electron chi connectivity index (χ2n) is 6.64. The SMILES string of the molecule is Cc1ccc2c(c1)c1ncccc1n2-c1ccc(-c2ccccc2)cc1. The second kappa shape index (κ2) is 5.85. The van der Waals surface area contributed by atoms with Crippen molar-refractivity contribution < 1.29 is 0 Å². The van der Waals surface area contributed by atoms with Crippen LogP contribution in [0.1, 0.15) is 5.56 Å². The molecule has 0 unspecified atom stereocenters. The van der Waals surface area contributed by atoms with Gasteiger partial charge in [-0.1, -0.05) is 54.1 Å². The van der Waals surface area contributed by atoms with Crippen molar-refractivity contribution in [2.24, 2.45) is 0 Å². The molecule has 2 heteroatoms. The van der Waals surface area contributed by atoms with Gasteiger partial charge in [-0.2, -0.15) is 0 Å². The minimum Gasteiger partial charge on any atom is -0.308 e. The van der Waals surface area contributed by atoms with Gasteiger partial charge in [0, 0.05) is 17.3 Å². The Morgan fingerprint density at radius 2 is 1.46 bits per heavy atom. The zero-order valence-corrected chi connectivity index (χ0v) is 14.6. The van der Waals surface area contributed by atoms with Gasteiger partial charge in [0.05, 0.1) is 16.6 Å². The lowest BCUT2D eigenvalue weighted by atomic mass is 10.1. The Bertz CT molecular complexity index is 1220. The molecule has 0 aliphatic rings. The fraction of sp³-hybridized carbons (Fsp3) is 0.0417. The maximum atomic E-state index is 4.64. The maximum Gasteiger partial charge on any atom is 0.0963 e. The maximum absolute atomic E-state index is 4.64. The van der Waals surface area contributed by atoms with Crippen molar-refractivity contribution in [3.05, 3.63) is 96.7 Å². The molecule has 3 aromatic carbocycles. The van der Waals surface area contributed by atoms with Crippen LogP contribution in [-0.2, 0) is 0 Å². The first-order chi connectivity index (χ1) is 12.8. The fourth-order valence-corrected chi connectivity index (χ4v) is 3.66. The van der Waals surface area contributed by atoms with E-state index in [-0.39, 0.29) is 0 Å². The zero-order chi connectivity index (χ0) is 17.5. The van der Waals surface area contributed by atoms with E-state index in [0.29, 0.717) is 0 Å². The molecule has 26 heavy (non-hydrogen) atoms. The predicted octanol–water partition coefficient (Wildman–Crippen LogP) is 6.15. The lowest BCUT2D eigenvalue weighted by Crippen LogP contribution is -1.93. The summed E-state index contributed by atoms with van der Waals surface area (Å²) in [6.07, 6.45) is 1.87. The smallest absolute Gasteiger partial charge is 0.0963 e. The summed E-state index contributed by atoms with van der Waals surface area (Å²) < 4.78 is 2.30. The summed E-state index contributed by atoms with van der Waals surface area (Å²) in [5.41, 5.74) is 8.25. The van der Waals surface area contributed by atoms with Crippen molar-refractivity contribution in [1.29, 1.82) is 0 Å². The Labute approximate surface area is 152 Å². The molecule has 0 radical (unpaired) electrons. The number of aryl methyl sites for hydroxylation is 1. The third-order valence-electron chi connectivity index (χ3n) is 4.91. The predicted molar refractivity (Wildman–Crippen MR) is 109 cm³/mol. The molecule has 0 bridgehead atoms. The Hall–Kier alpha value is -3.39. The first-order valence-electron chi connectivity index (χ1n) is 8.83. The normalized spacial score (nSPS) is 11.3. The molecule has 2 aromatic heterocycles. The van der Waals surface area contributed by atoms with Gasteiger partial charge in [0.15, 0.2) is 0 Å². The summed E-state index contributed by atoms with van der Waals surface area (Å²) in [5, 5.41) is 1.20. The number of rotatable bonds is 2. The summed E-state index contributed by atoms with van der Waals surface area (Å²) in [4.78, 5) is 4.64. The number of fused-ring (bicyclic) bond motifs is 3. The molecule has 2 nitrogen and oxygen atoms in total. The molecule has 2 heterocycles. The molecule has 0 fully saturated rings. The van der Waals surface area contributed by atoms with Crippen molar-refractivity contribution in [2.45, 2.75) is 6.92 Å². The average Bonchev–Trinajstić information content (AvgIpc) is 3.02. The molecule has 124 valence electrons. The van der Waals surface area contributed by atoms with E-state index in [9.17, 15) is 0 Å². The van der Waals surface area contributed by atoms with E-state index in [4.69, 9.17) is 0 Å². The molecule has 0 saturated heterocycles. The lowest BCUT2D eigenvalue weighted by Gasteiger charge is -2.09. The zero-order valence-electron chi connectivity index (χ0n) is 14.6. The summed E-state index contributed by atoms with van der Waals surface area (Å²) in [5.74, 6) is 0. The number of benzene rings is 3. The summed E-state index contributed by atoms with van der Waals surface area (Å²) in [7, 11) is 0. The van der Waals surface area contributed by atoms with Gasteiger partial charge in [-0.25, -0.2) is 0 Å². The van der Waals surface area contributed by atoms with Crippen molar-refractivity contribution in [3.8, 4) is 16.8 Å². The Balaban J connectivity index is 1.73. The van der Waals surface area contributed by atoms with Crippen molar-refractivity contribution in [1.82, 2.24) is 9.55 Å². The van der Waals surface area contributed by atoms with E-state index < -0.39 is 0 Å². The van der Waals surface area contributed by atoms with Gasteiger partial charge in [-0.3, -0.25) is 4.98 Å². The quantitative estimate of drug-likeness (QED) is 0.378. The van der Waals surface area contributed by atoms with Crippen LogP contribution in [0, 0.1) is 6.92 Å². The van der Waals surface area contributed by atoms with Crippen LogP contribution in [0.5, 0.6) is 0 Å². The molecular weight excluding hydrogens is 316 g/mol.